The summed E-state index contributed by atoms with van der Waals surface area (Å²) in [6, 6.07) is 22.1. The zero-order valence-electron chi connectivity index (χ0n) is 14.0. The second kappa shape index (κ2) is 7.14. The number of carbonyl (C=O) groups is 1. The number of benzene rings is 3. The molecule has 3 rings (SSSR count). The minimum Gasteiger partial charge on any atom is -0.488 e. The molecular weight excluding hydrogens is 296 g/mol. The molecule has 0 saturated carbocycles. The molecule has 2 heteroatoms. The first-order valence-electron chi connectivity index (χ1n) is 8.01. The molecule has 0 aromatic heterocycles. The normalized spacial score (nSPS) is 10.4. The molecule has 0 amide bonds. The van der Waals surface area contributed by atoms with Crippen molar-refractivity contribution in [1.82, 2.24) is 0 Å². The Morgan fingerprint density at radius 1 is 0.833 bits per heavy atom. The Morgan fingerprint density at radius 3 is 2.04 bits per heavy atom. The van der Waals surface area contributed by atoms with Crippen LogP contribution in [0.3, 0.4) is 0 Å². The van der Waals surface area contributed by atoms with Crippen molar-refractivity contribution in [1.29, 1.82) is 0 Å². The van der Waals surface area contributed by atoms with Crippen LogP contribution in [0.25, 0.3) is 11.1 Å². The molecule has 0 spiro atoms. The molecule has 24 heavy (non-hydrogen) atoms. The maximum absolute atomic E-state index is 10.8. The second-order valence-electron chi connectivity index (χ2n) is 5.95. The zero-order chi connectivity index (χ0) is 16.9. The van der Waals surface area contributed by atoms with Gasteiger partial charge in [0, 0.05) is 5.56 Å². The highest BCUT2D eigenvalue weighted by molar-refractivity contribution is 5.77. The smallest absolute Gasteiger partial charge is 0.150 e. The van der Waals surface area contributed by atoms with E-state index in [1.54, 1.807) is 0 Å². The number of aldehydes is 1. The number of rotatable bonds is 5. The lowest BCUT2D eigenvalue weighted by Crippen LogP contribution is -1.99. The average Bonchev–Trinajstić information content (AvgIpc) is 2.62. The van der Waals surface area contributed by atoms with Gasteiger partial charge in [-0.25, -0.2) is 0 Å². The van der Waals surface area contributed by atoms with Crippen LogP contribution in [0.5, 0.6) is 5.75 Å². The lowest BCUT2D eigenvalue weighted by Gasteiger charge is -2.14. The Balaban J connectivity index is 1.83. The lowest BCUT2D eigenvalue weighted by atomic mass is 9.99. The Kier molecular flexibility index (Phi) is 4.76. The highest BCUT2D eigenvalue weighted by atomic mass is 16.5. The fourth-order valence-corrected chi connectivity index (χ4v) is 2.83. The molecule has 0 N–H and O–H groups in total. The van der Waals surface area contributed by atoms with E-state index in [1.807, 2.05) is 42.5 Å². The SMILES string of the molecule is Cc1cc(-c2ccc(C=O)cc2)cc(C)c1OCc1ccccc1. The summed E-state index contributed by atoms with van der Waals surface area (Å²) in [6.07, 6.45) is 0.862. The van der Waals surface area contributed by atoms with Crippen molar-refractivity contribution in [3.05, 3.63) is 89.0 Å². The number of aryl methyl sites for hydroxylation is 2. The quantitative estimate of drug-likeness (QED) is 0.592. The van der Waals surface area contributed by atoms with E-state index < -0.39 is 0 Å². The predicted octanol–water partition coefficient (Wildman–Crippen LogP) is 5.36. The standard InChI is InChI=1S/C22H20O2/c1-16-12-21(20-10-8-18(14-23)9-11-20)13-17(2)22(16)24-15-19-6-4-3-5-7-19/h3-14H,15H2,1-2H3. The van der Waals surface area contributed by atoms with Crippen LogP contribution < -0.4 is 4.74 Å². The first-order chi connectivity index (χ1) is 11.7. The molecular formula is C22H20O2. The monoisotopic (exact) mass is 316 g/mol. The minimum absolute atomic E-state index is 0.565. The Morgan fingerprint density at radius 2 is 1.46 bits per heavy atom. The van der Waals surface area contributed by atoms with Gasteiger partial charge in [-0.15, -0.1) is 0 Å². The van der Waals surface area contributed by atoms with Crippen molar-refractivity contribution >= 4 is 6.29 Å². The van der Waals surface area contributed by atoms with Gasteiger partial charge in [0.1, 0.15) is 18.6 Å². The number of carbonyl (C=O) groups excluding carboxylic acids is 1. The molecule has 0 fully saturated rings. The van der Waals surface area contributed by atoms with E-state index in [1.165, 1.54) is 0 Å². The summed E-state index contributed by atoms with van der Waals surface area (Å²) in [5.41, 5.74) is 6.30. The van der Waals surface area contributed by atoms with Gasteiger partial charge in [0.25, 0.3) is 0 Å². The van der Waals surface area contributed by atoms with Gasteiger partial charge in [0.2, 0.25) is 0 Å². The summed E-state index contributed by atoms with van der Waals surface area (Å²) in [7, 11) is 0. The van der Waals surface area contributed by atoms with Gasteiger partial charge in [-0.2, -0.15) is 0 Å². The summed E-state index contributed by atoms with van der Waals surface area (Å²) in [6.45, 7) is 4.70. The van der Waals surface area contributed by atoms with E-state index in [0.717, 1.165) is 39.9 Å². The van der Waals surface area contributed by atoms with Crippen molar-refractivity contribution in [2.45, 2.75) is 20.5 Å². The highest BCUT2D eigenvalue weighted by Crippen LogP contribution is 2.30. The van der Waals surface area contributed by atoms with E-state index in [2.05, 4.69) is 38.1 Å². The third kappa shape index (κ3) is 3.54. The van der Waals surface area contributed by atoms with Crippen LogP contribution in [-0.4, -0.2) is 6.29 Å². The predicted molar refractivity (Wildman–Crippen MR) is 97.5 cm³/mol. The van der Waals surface area contributed by atoms with Gasteiger partial charge >= 0.3 is 0 Å². The molecule has 3 aromatic carbocycles. The summed E-state index contributed by atoms with van der Waals surface area (Å²) in [4.78, 5) is 10.8. The van der Waals surface area contributed by atoms with E-state index in [9.17, 15) is 4.79 Å². The van der Waals surface area contributed by atoms with Crippen LogP contribution in [-0.2, 0) is 6.61 Å². The van der Waals surface area contributed by atoms with Crippen LogP contribution in [0.1, 0.15) is 27.0 Å². The summed E-state index contributed by atoms with van der Waals surface area (Å²) in [5.74, 6) is 0.937. The number of hydrogen-bond donors (Lipinski definition) is 0. The fraction of sp³-hybridized carbons (Fsp3) is 0.136. The molecule has 0 aliphatic rings. The van der Waals surface area contributed by atoms with Crippen LogP contribution in [0.2, 0.25) is 0 Å². The molecule has 2 nitrogen and oxygen atoms in total. The third-order valence-corrected chi connectivity index (χ3v) is 4.07. The first-order valence-corrected chi connectivity index (χ1v) is 8.01. The van der Waals surface area contributed by atoms with Crippen LogP contribution >= 0.6 is 0 Å². The van der Waals surface area contributed by atoms with Gasteiger partial charge < -0.3 is 4.74 Å². The topological polar surface area (TPSA) is 26.3 Å². The Hall–Kier alpha value is -2.87. The van der Waals surface area contributed by atoms with E-state index in [0.29, 0.717) is 12.2 Å². The van der Waals surface area contributed by atoms with Crippen LogP contribution in [0.15, 0.2) is 66.7 Å². The molecule has 0 bridgehead atoms. The van der Waals surface area contributed by atoms with Crippen molar-refractivity contribution < 1.29 is 9.53 Å². The van der Waals surface area contributed by atoms with Gasteiger partial charge in [-0.05, 0) is 53.8 Å². The van der Waals surface area contributed by atoms with E-state index in [4.69, 9.17) is 4.74 Å². The summed E-state index contributed by atoms with van der Waals surface area (Å²) in [5, 5.41) is 0. The molecule has 0 aliphatic heterocycles. The average molecular weight is 316 g/mol. The zero-order valence-corrected chi connectivity index (χ0v) is 14.0. The fourth-order valence-electron chi connectivity index (χ4n) is 2.83. The van der Waals surface area contributed by atoms with Gasteiger partial charge in [0.05, 0.1) is 0 Å². The molecule has 0 atom stereocenters. The largest absolute Gasteiger partial charge is 0.488 e. The van der Waals surface area contributed by atoms with Crippen molar-refractivity contribution in [2.75, 3.05) is 0 Å². The first kappa shape index (κ1) is 16.0. The molecule has 3 aromatic rings. The maximum atomic E-state index is 10.8. The van der Waals surface area contributed by atoms with Crippen molar-refractivity contribution in [2.24, 2.45) is 0 Å². The molecule has 0 heterocycles. The van der Waals surface area contributed by atoms with Gasteiger partial charge in [-0.3, -0.25) is 4.79 Å². The van der Waals surface area contributed by atoms with E-state index in [-0.39, 0.29) is 0 Å². The molecule has 0 unspecified atom stereocenters. The second-order valence-corrected chi connectivity index (χ2v) is 5.95. The number of ether oxygens (including phenoxy) is 1. The van der Waals surface area contributed by atoms with Gasteiger partial charge in [-0.1, -0.05) is 54.6 Å². The highest BCUT2D eigenvalue weighted by Gasteiger charge is 2.08. The van der Waals surface area contributed by atoms with Crippen LogP contribution in [0.4, 0.5) is 0 Å². The van der Waals surface area contributed by atoms with Crippen molar-refractivity contribution in [3.8, 4) is 16.9 Å². The summed E-state index contributed by atoms with van der Waals surface area (Å²) < 4.78 is 6.03. The number of hydrogen-bond acceptors (Lipinski definition) is 2. The van der Waals surface area contributed by atoms with Crippen LogP contribution in [0, 0.1) is 13.8 Å². The molecule has 0 saturated heterocycles. The minimum atomic E-state index is 0.565. The molecule has 0 aliphatic carbocycles. The van der Waals surface area contributed by atoms with E-state index >= 15 is 0 Å². The molecule has 0 radical (unpaired) electrons. The lowest BCUT2D eigenvalue weighted by molar-refractivity contribution is 0.112. The van der Waals surface area contributed by atoms with Crippen molar-refractivity contribution in [3.63, 3.8) is 0 Å². The Bertz CT molecular complexity index is 811. The summed E-state index contributed by atoms with van der Waals surface area (Å²) >= 11 is 0. The van der Waals surface area contributed by atoms with Gasteiger partial charge in [0.15, 0.2) is 0 Å². The molecule has 120 valence electrons. The maximum Gasteiger partial charge on any atom is 0.150 e. The third-order valence-electron chi connectivity index (χ3n) is 4.07. The Labute approximate surface area is 142 Å².